The minimum atomic E-state index is -0.868. The fourth-order valence-electron chi connectivity index (χ4n) is 2.68. The Morgan fingerprint density at radius 2 is 1.68 bits per heavy atom. The van der Waals surface area contributed by atoms with Gasteiger partial charge in [-0.05, 0) is 56.1 Å². The summed E-state index contributed by atoms with van der Waals surface area (Å²) in [5.74, 6) is 0.492. The Morgan fingerprint density at radius 1 is 1.03 bits per heavy atom. The molecule has 0 spiro atoms. The molecule has 13 heteroatoms. The van der Waals surface area contributed by atoms with E-state index in [0.717, 1.165) is 4.68 Å². The molecule has 0 saturated heterocycles. The van der Waals surface area contributed by atoms with Crippen molar-refractivity contribution in [3.63, 3.8) is 0 Å². The molecule has 0 fully saturated rings. The molecule has 0 radical (unpaired) electrons. The van der Waals surface area contributed by atoms with Crippen molar-refractivity contribution in [2.75, 3.05) is 0 Å². The molecule has 2 N–H and O–H groups in total. The van der Waals surface area contributed by atoms with Crippen molar-refractivity contribution in [2.45, 2.75) is 0 Å². The van der Waals surface area contributed by atoms with E-state index >= 15 is 0 Å². The molecule has 0 atom stereocenters. The van der Waals surface area contributed by atoms with Crippen LogP contribution in [0.25, 0.3) is 16.5 Å². The molecule has 0 amide bonds. The number of fused-ring (bicyclic) bond motifs is 1. The van der Waals surface area contributed by atoms with Crippen LogP contribution in [-0.2, 0) is 0 Å². The number of nitrogens with one attached hydrogen (secondary N) is 2. The van der Waals surface area contributed by atoms with E-state index in [-0.39, 0.29) is 46.7 Å². The van der Waals surface area contributed by atoms with Crippen LogP contribution in [0.4, 0.5) is 0 Å². The molecule has 0 bridgehead atoms. The van der Waals surface area contributed by atoms with Gasteiger partial charge in [-0.25, -0.2) is 9.89 Å². The summed E-state index contributed by atoms with van der Waals surface area (Å²) in [7, 11) is 0. The minimum absolute atomic E-state index is 0. The first-order valence-corrected chi connectivity index (χ1v) is 9.76. The molecular weight excluding hydrogens is 547 g/mol. The van der Waals surface area contributed by atoms with Gasteiger partial charge in [0.15, 0.2) is 5.75 Å². The Morgan fingerprint density at radius 3 is 2.32 bits per heavy atom. The fraction of sp³-hybridized carbons (Fsp3) is 0. The second-order valence-corrected chi connectivity index (χ2v) is 7.58. The van der Waals surface area contributed by atoms with Crippen molar-refractivity contribution in [3.8, 4) is 23.4 Å². The van der Waals surface area contributed by atoms with Crippen molar-refractivity contribution in [1.29, 1.82) is 5.26 Å². The molecule has 0 saturated carbocycles. The number of H-pyrrole nitrogens is 2. The van der Waals surface area contributed by atoms with Gasteiger partial charge in [-0.3, -0.25) is 14.6 Å². The van der Waals surface area contributed by atoms with E-state index in [4.69, 9.17) is 10.00 Å². The van der Waals surface area contributed by atoms with Gasteiger partial charge in [-0.1, -0.05) is 12.1 Å². The van der Waals surface area contributed by atoms with E-state index in [2.05, 4.69) is 47.2 Å². The molecule has 2 aromatic carbocycles. The Hall–Kier alpha value is -2.56. The molecule has 2 heterocycles. The topological polar surface area (TPSA) is 147 Å². The maximum atomic E-state index is 12.1. The number of benzene rings is 2. The van der Waals surface area contributed by atoms with Gasteiger partial charge in [0, 0.05) is 0 Å². The molecule has 0 aliphatic heterocycles. The summed E-state index contributed by atoms with van der Waals surface area (Å²) in [6.45, 7) is 0. The average Bonchev–Trinajstić information content (AvgIpc) is 2.72. The Balaban J connectivity index is 0.00000272. The normalized spacial score (nSPS) is 10.4. The molecule has 10 nitrogen and oxygen atoms in total. The summed E-state index contributed by atoms with van der Waals surface area (Å²) in [6.07, 6.45) is 0. The van der Waals surface area contributed by atoms with Crippen molar-refractivity contribution in [2.24, 2.45) is 0 Å². The molecule has 4 rings (SSSR count). The van der Waals surface area contributed by atoms with Crippen molar-refractivity contribution in [1.82, 2.24) is 25.0 Å². The van der Waals surface area contributed by atoms with E-state index < -0.39 is 16.9 Å². The van der Waals surface area contributed by atoms with Gasteiger partial charge in [0.1, 0.15) is 6.07 Å². The van der Waals surface area contributed by atoms with E-state index in [0.29, 0.717) is 25.5 Å². The van der Waals surface area contributed by atoms with Crippen LogP contribution >= 0.6 is 31.9 Å². The van der Waals surface area contributed by atoms with Crippen LogP contribution in [0, 0.1) is 11.3 Å². The zero-order chi connectivity index (χ0) is 21.4. The molecule has 150 valence electrons. The van der Waals surface area contributed by atoms with Crippen LogP contribution in [0.1, 0.15) is 5.69 Å². The van der Waals surface area contributed by atoms with E-state index in [1.807, 2.05) is 4.98 Å². The van der Waals surface area contributed by atoms with Crippen molar-refractivity contribution >= 4 is 72.2 Å². The predicted octanol–water partition coefficient (Wildman–Crippen LogP) is 1.70. The number of aromatic nitrogens is 5. The Bertz CT molecular complexity index is 1520. The molecule has 0 unspecified atom stereocenters. The SMILES string of the molecule is N#Cc1nn(-c2cc(Br)c(Oc3n[nH]c(=O)c4ccccc34)c(Br)c2)c(=O)[nH]c1=O.[NaH]. The maximum absolute atomic E-state index is 12.1. The number of hydrogen-bond donors (Lipinski definition) is 2. The second kappa shape index (κ2) is 9.29. The predicted molar refractivity (Wildman–Crippen MR) is 120 cm³/mol. The average molecular weight is 556 g/mol. The molecule has 0 aliphatic carbocycles. The summed E-state index contributed by atoms with van der Waals surface area (Å²) in [5, 5.41) is 20.0. The van der Waals surface area contributed by atoms with Crippen LogP contribution in [0.5, 0.6) is 11.6 Å². The Kier molecular flexibility index (Phi) is 6.93. The van der Waals surface area contributed by atoms with Gasteiger partial charge in [-0.15, -0.1) is 10.2 Å². The van der Waals surface area contributed by atoms with Crippen molar-refractivity contribution < 1.29 is 4.74 Å². The quantitative estimate of drug-likeness (QED) is 0.366. The summed E-state index contributed by atoms with van der Waals surface area (Å²) in [4.78, 5) is 37.7. The van der Waals surface area contributed by atoms with E-state index in [9.17, 15) is 14.4 Å². The Labute approximate surface area is 211 Å². The van der Waals surface area contributed by atoms with Gasteiger partial charge in [0.2, 0.25) is 11.6 Å². The zero-order valence-corrected chi connectivity index (χ0v) is 17.8. The third-order valence-electron chi connectivity index (χ3n) is 4.02. The zero-order valence-electron chi connectivity index (χ0n) is 14.6. The first-order valence-electron chi connectivity index (χ1n) is 8.17. The summed E-state index contributed by atoms with van der Waals surface area (Å²) < 4.78 is 7.62. The summed E-state index contributed by atoms with van der Waals surface area (Å²) >= 11 is 6.74. The van der Waals surface area contributed by atoms with E-state index in [1.54, 1.807) is 30.3 Å². The summed E-state index contributed by atoms with van der Waals surface area (Å²) in [5.41, 5.74) is -2.21. The number of rotatable bonds is 3. The van der Waals surface area contributed by atoms with Crippen LogP contribution in [-0.4, -0.2) is 54.5 Å². The molecule has 0 aliphatic rings. The van der Waals surface area contributed by atoms with Gasteiger partial charge in [-0.2, -0.15) is 9.94 Å². The number of ether oxygens (including phenoxy) is 1. The standard InChI is InChI=1S/C18H8Br2N6O4.Na.H/c19-11-5-8(26-18(29)22-16(28)13(7-21)25-26)6-12(20)14(11)30-17-10-4-2-1-3-9(10)15(27)23-24-17;;/h1-6H,(H,23,27)(H,22,28,29);;. The van der Waals surface area contributed by atoms with Crippen LogP contribution < -0.4 is 21.5 Å². The number of hydrogen-bond acceptors (Lipinski definition) is 7. The summed E-state index contributed by atoms with van der Waals surface area (Å²) in [6, 6.07) is 11.5. The third kappa shape index (κ3) is 4.41. The molecular formula is C18H9Br2N6NaO4. The number of halogens is 2. The van der Waals surface area contributed by atoms with Crippen LogP contribution in [0.2, 0.25) is 0 Å². The number of aromatic amines is 2. The molecule has 4 aromatic rings. The number of nitrogens with zero attached hydrogens (tertiary/aromatic N) is 4. The second-order valence-electron chi connectivity index (χ2n) is 5.88. The van der Waals surface area contributed by atoms with Crippen LogP contribution in [0.3, 0.4) is 0 Å². The fourth-order valence-corrected chi connectivity index (χ4v) is 4.00. The third-order valence-corrected chi connectivity index (χ3v) is 5.20. The van der Waals surface area contributed by atoms with E-state index in [1.165, 1.54) is 12.1 Å². The van der Waals surface area contributed by atoms with Gasteiger partial charge < -0.3 is 4.74 Å². The first-order chi connectivity index (χ1) is 14.4. The van der Waals surface area contributed by atoms with Gasteiger partial charge in [0.05, 0.1) is 25.4 Å². The van der Waals surface area contributed by atoms with Crippen molar-refractivity contribution in [3.05, 3.63) is 82.2 Å². The molecule has 2 aromatic heterocycles. The molecule has 31 heavy (non-hydrogen) atoms. The van der Waals surface area contributed by atoms with Gasteiger partial charge >= 0.3 is 35.2 Å². The van der Waals surface area contributed by atoms with Gasteiger partial charge in [0.25, 0.3) is 11.1 Å². The first kappa shape index (κ1) is 23.1. The van der Waals surface area contributed by atoms with Crippen LogP contribution in [0.15, 0.2) is 59.7 Å². The monoisotopic (exact) mass is 554 g/mol. The number of nitriles is 1.